The lowest BCUT2D eigenvalue weighted by Crippen LogP contribution is -2.63. The number of hydrogen-bond donors (Lipinski definition) is 4. The molecule has 0 amide bonds. The molecule has 0 unspecified atom stereocenters. The van der Waals surface area contributed by atoms with Crippen molar-refractivity contribution in [2.24, 2.45) is 28.6 Å². The molecule has 4 fully saturated rings. The molecule has 11 heteroatoms. The molecular weight excluding hydrogens is 623 g/mol. The predicted octanol–water partition coefficient (Wildman–Crippen LogP) is 4.49. The van der Waals surface area contributed by atoms with Crippen molar-refractivity contribution in [3.8, 4) is 0 Å². The number of aliphatic hydroxyl groups is 2. The lowest BCUT2D eigenvalue weighted by atomic mass is 9.46. The fourth-order valence-electron chi connectivity index (χ4n) is 9.76. The highest BCUT2D eigenvalue weighted by atomic mass is 31.2. The van der Waals surface area contributed by atoms with Gasteiger partial charge in [-0.15, -0.1) is 0 Å². The number of carbonyl (C=O) groups is 2. The molecule has 4 N–H and O–H groups in total. The first-order valence-electron chi connectivity index (χ1n) is 16.2. The summed E-state index contributed by atoms with van der Waals surface area (Å²) < 4.78 is 29.7. The Labute approximate surface area is 273 Å². The minimum absolute atomic E-state index is 0.00175. The van der Waals surface area contributed by atoms with Crippen LogP contribution < -0.4 is 0 Å². The van der Waals surface area contributed by atoms with Gasteiger partial charge in [0.1, 0.15) is 6.61 Å². The first-order valence-corrected chi connectivity index (χ1v) is 17.8. The molecule has 0 radical (unpaired) electrons. The van der Waals surface area contributed by atoms with Crippen LogP contribution in [0.5, 0.6) is 0 Å². The number of Topliss-reactive ketones (excluding diaryl/α,β-unsaturated/α-hetero) is 1. The average molecular weight is 665 g/mol. The van der Waals surface area contributed by atoms with E-state index in [0.717, 1.165) is 28.7 Å². The van der Waals surface area contributed by atoms with Gasteiger partial charge in [-0.3, -0.25) is 14.1 Å². The van der Waals surface area contributed by atoms with Crippen molar-refractivity contribution in [2.45, 2.75) is 76.7 Å². The van der Waals surface area contributed by atoms with Crippen LogP contribution in [0.25, 0.3) is 0 Å². The largest absolute Gasteiger partial charge is 0.470 e. The number of aliphatic hydroxyl groups excluding tert-OH is 2. The number of carbonyl (C=O) groups excluding carboxylic acids is 2. The van der Waals surface area contributed by atoms with E-state index >= 15 is 0 Å². The molecule has 1 saturated heterocycles. The zero-order chi connectivity index (χ0) is 33.4. The lowest BCUT2D eigenvalue weighted by Gasteiger charge is -2.59. The third-order valence-electron chi connectivity index (χ3n) is 11.9. The van der Waals surface area contributed by atoms with Crippen molar-refractivity contribution in [2.75, 3.05) is 6.61 Å². The summed E-state index contributed by atoms with van der Waals surface area (Å²) in [6, 6.07) is 15.5. The van der Waals surface area contributed by atoms with Crippen molar-refractivity contribution in [1.82, 2.24) is 0 Å². The summed E-state index contributed by atoms with van der Waals surface area (Å²) in [6.45, 7) is 3.15. The fraction of sp³-hybridized carbons (Fsp3) is 0.500. The number of ether oxygens (including phenoxy) is 2. The van der Waals surface area contributed by atoms with Crippen molar-refractivity contribution >= 4 is 19.4 Å². The Morgan fingerprint density at radius 3 is 2.36 bits per heavy atom. The Kier molecular flexibility index (Phi) is 8.13. The molecule has 250 valence electrons. The molecule has 47 heavy (non-hydrogen) atoms. The van der Waals surface area contributed by atoms with Gasteiger partial charge in [0.2, 0.25) is 0 Å². The highest BCUT2D eigenvalue weighted by molar-refractivity contribution is 7.46. The van der Waals surface area contributed by atoms with E-state index < -0.39 is 55.1 Å². The van der Waals surface area contributed by atoms with E-state index in [-0.39, 0.29) is 36.6 Å². The van der Waals surface area contributed by atoms with Crippen LogP contribution in [-0.2, 0) is 41.2 Å². The van der Waals surface area contributed by atoms with E-state index in [2.05, 4.69) is 6.92 Å². The summed E-state index contributed by atoms with van der Waals surface area (Å²) in [4.78, 5) is 45.3. The summed E-state index contributed by atoms with van der Waals surface area (Å²) in [5, 5.41) is 21.2. The first-order chi connectivity index (χ1) is 22.3. The SMILES string of the molecule is C[C@]12C=CC(=O)C=C1CC[C@@H]1[C@@H]2[C@@H](O)C[C@@]2(C)[C@H]1C[C@H]1O[C@@H](c3ccc(Cc4ccc(CO)cc4)cc3)O[C@]12C(=O)COP(=O)(O)O. The van der Waals surface area contributed by atoms with Crippen LogP contribution in [0.15, 0.2) is 72.3 Å². The summed E-state index contributed by atoms with van der Waals surface area (Å²) in [6.07, 6.45) is 5.54. The monoisotopic (exact) mass is 664 g/mol. The molecule has 5 aliphatic rings. The van der Waals surface area contributed by atoms with Gasteiger partial charge in [-0.05, 0) is 72.8 Å². The van der Waals surface area contributed by atoms with Crippen LogP contribution in [-0.4, -0.2) is 56.0 Å². The third-order valence-corrected chi connectivity index (χ3v) is 12.3. The maximum absolute atomic E-state index is 14.2. The maximum atomic E-state index is 14.2. The predicted molar refractivity (Wildman–Crippen MR) is 169 cm³/mol. The molecule has 0 spiro atoms. The van der Waals surface area contributed by atoms with Gasteiger partial charge in [-0.1, -0.05) is 74.0 Å². The highest BCUT2D eigenvalue weighted by Gasteiger charge is 2.76. The second-order valence-electron chi connectivity index (χ2n) is 14.3. The number of phosphoric acid groups is 1. The van der Waals surface area contributed by atoms with Crippen LogP contribution in [0.2, 0.25) is 0 Å². The number of benzene rings is 2. The number of fused-ring (bicyclic) bond motifs is 7. The Morgan fingerprint density at radius 1 is 1.04 bits per heavy atom. The normalized spacial score (nSPS) is 37.5. The zero-order valence-corrected chi connectivity index (χ0v) is 27.3. The molecule has 0 aromatic heterocycles. The van der Waals surface area contributed by atoms with Crippen LogP contribution in [0.4, 0.5) is 0 Å². The summed E-state index contributed by atoms with van der Waals surface area (Å²) in [5.41, 5.74) is 1.69. The number of rotatable bonds is 8. The number of phosphoric ester groups is 1. The van der Waals surface area contributed by atoms with Crippen LogP contribution in [0.1, 0.15) is 68.1 Å². The molecule has 2 aromatic rings. The maximum Gasteiger partial charge on any atom is 0.470 e. The van der Waals surface area contributed by atoms with Gasteiger partial charge in [0, 0.05) is 22.3 Å². The standard InChI is InChI=1S/C36H41O10P/c1-34-14-13-26(38)16-25(34)11-12-27-28-17-31-36(30(40)20-44-47(41,42)43,35(28,2)18-29(39)32(27)34)46-33(45-31)24-9-7-22(8-10-24)15-21-3-5-23(19-37)6-4-21/h3-10,13-14,16,27-29,31-33,37,39H,11-12,15,17-20H2,1-2H3,(H2,41,42,43)/t27-,28-,29-,31+,32+,33+,34-,35-,36+/m0/s1. The molecule has 7 rings (SSSR count). The summed E-state index contributed by atoms with van der Waals surface area (Å²) >= 11 is 0. The number of hydrogen-bond acceptors (Lipinski definition) is 8. The quantitative estimate of drug-likeness (QED) is 0.296. The minimum atomic E-state index is -4.96. The first kappa shape index (κ1) is 32.7. The molecule has 1 aliphatic heterocycles. The van der Waals surface area contributed by atoms with Crippen molar-refractivity contribution in [1.29, 1.82) is 0 Å². The van der Waals surface area contributed by atoms with Crippen LogP contribution >= 0.6 is 7.82 Å². The third kappa shape index (κ3) is 5.34. The molecular formula is C36H41O10P. The van der Waals surface area contributed by atoms with Gasteiger partial charge in [0.05, 0.1) is 18.8 Å². The van der Waals surface area contributed by atoms with Gasteiger partial charge < -0.3 is 29.5 Å². The topological polar surface area (TPSA) is 160 Å². The van der Waals surface area contributed by atoms with Gasteiger partial charge in [-0.2, -0.15) is 0 Å². The Balaban J connectivity index is 1.19. The van der Waals surface area contributed by atoms with Gasteiger partial charge >= 0.3 is 7.82 Å². The fourth-order valence-corrected chi connectivity index (χ4v) is 10.0. The smallest absolute Gasteiger partial charge is 0.393 e. The van der Waals surface area contributed by atoms with E-state index in [4.69, 9.17) is 14.0 Å². The van der Waals surface area contributed by atoms with Crippen molar-refractivity contribution < 1.29 is 48.2 Å². The van der Waals surface area contributed by atoms with Crippen molar-refractivity contribution in [3.05, 3.63) is 94.6 Å². The van der Waals surface area contributed by atoms with Crippen molar-refractivity contribution in [3.63, 3.8) is 0 Å². The lowest BCUT2D eigenvalue weighted by molar-refractivity contribution is -0.200. The Morgan fingerprint density at radius 2 is 1.70 bits per heavy atom. The van der Waals surface area contributed by atoms with Crippen LogP contribution in [0, 0.1) is 28.6 Å². The van der Waals surface area contributed by atoms with E-state index in [1.807, 2.05) is 61.5 Å². The Bertz CT molecular complexity index is 1680. The zero-order valence-electron chi connectivity index (χ0n) is 26.5. The minimum Gasteiger partial charge on any atom is -0.393 e. The summed E-state index contributed by atoms with van der Waals surface area (Å²) in [7, 11) is -4.96. The molecule has 10 nitrogen and oxygen atoms in total. The second kappa shape index (κ2) is 11.7. The molecule has 4 aliphatic carbocycles. The van der Waals surface area contributed by atoms with Gasteiger partial charge in [0.15, 0.2) is 23.5 Å². The number of ketones is 2. The molecule has 0 bridgehead atoms. The Hall–Kier alpha value is -2.79. The van der Waals surface area contributed by atoms with E-state index in [0.29, 0.717) is 24.8 Å². The number of allylic oxidation sites excluding steroid dienone is 4. The molecule has 2 aromatic carbocycles. The summed E-state index contributed by atoms with van der Waals surface area (Å²) in [5.74, 6) is -0.931. The van der Waals surface area contributed by atoms with Gasteiger partial charge in [0.25, 0.3) is 0 Å². The van der Waals surface area contributed by atoms with E-state index in [1.165, 1.54) is 0 Å². The van der Waals surface area contributed by atoms with E-state index in [1.54, 1.807) is 12.2 Å². The molecule has 9 atom stereocenters. The second-order valence-corrected chi connectivity index (χ2v) is 15.6. The molecule has 1 heterocycles. The average Bonchev–Trinajstić information content (AvgIpc) is 3.53. The van der Waals surface area contributed by atoms with Gasteiger partial charge in [-0.25, -0.2) is 4.57 Å². The van der Waals surface area contributed by atoms with Crippen LogP contribution in [0.3, 0.4) is 0 Å². The molecule has 3 saturated carbocycles. The van der Waals surface area contributed by atoms with E-state index in [9.17, 15) is 34.2 Å². The highest BCUT2D eigenvalue weighted by Crippen LogP contribution is 2.70.